The number of amides is 1. The van der Waals surface area contributed by atoms with Crippen LogP contribution < -0.4 is 5.32 Å². The molecule has 136 valence electrons. The zero-order valence-corrected chi connectivity index (χ0v) is 15.1. The Hall–Kier alpha value is -2.69. The number of aliphatic hydroxyl groups is 1. The molecule has 0 spiro atoms. The molecule has 4 nitrogen and oxygen atoms in total. The second-order valence-electron chi connectivity index (χ2n) is 6.01. The summed E-state index contributed by atoms with van der Waals surface area (Å²) in [6, 6.07) is 19.1. The van der Waals surface area contributed by atoms with Crippen LogP contribution in [0.25, 0.3) is 6.08 Å². The maximum Gasteiger partial charge on any atom is 0.257 e. The van der Waals surface area contributed by atoms with Gasteiger partial charge in [-0.1, -0.05) is 85.8 Å². The first kappa shape index (κ1) is 19.6. The van der Waals surface area contributed by atoms with Crippen LogP contribution in [0.15, 0.2) is 79.0 Å². The number of hydrogen-bond donors (Lipinski definition) is 2. The van der Waals surface area contributed by atoms with Crippen LogP contribution in [0.5, 0.6) is 0 Å². The van der Waals surface area contributed by atoms with Crippen molar-refractivity contribution < 1.29 is 14.6 Å². The Morgan fingerprint density at radius 2 is 1.65 bits per heavy atom. The molecule has 0 aliphatic heterocycles. The van der Waals surface area contributed by atoms with Gasteiger partial charge in [0.05, 0.1) is 6.10 Å². The van der Waals surface area contributed by atoms with E-state index in [0.717, 1.165) is 11.1 Å². The minimum Gasteiger partial charge on any atom is -0.388 e. The highest BCUT2D eigenvalue weighted by molar-refractivity contribution is 5.83. The lowest BCUT2D eigenvalue weighted by atomic mass is 10.0. The minimum atomic E-state index is -0.668. The highest BCUT2D eigenvalue weighted by atomic mass is 16.5. The molecule has 26 heavy (non-hydrogen) atoms. The molecule has 0 bridgehead atoms. The van der Waals surface area contributed by atoms with Crippen LogP contribution in [0.2, 0.25) is 0 Å². The minimum absolute atomic E-state index is 0.145. The molecule has 0 aliphatic rings. The molecule has 1 unspecified atom stereocenters. The van der Waals surface area contributed by atoms with E-state index in [9.17, 15) is 9.90 Å². The number of nitrogens with one attached hydrogen (secondary N) is 1. The predicted octanol–water partition coefficient (Wildman–Crippen LogP) is 3.71. The molecule has 2 aromatic rings. The van der Waals surface area contributed by atoms with Crippen LogP contribution in [0.3, 0.4) is 0 Å². The molecule has 4 heteroatoms. The topological polar surface area (TPSA) is 58.6 Å². The molecule has 0 heterocycles. The number of carbonyl (C=O) groups is 1. The largest absolute Gasteiger partial charge is 0.388 e. The molecule has 0 radical (unpaired) electrons. The molecule has 0 aliphatic carbocycles. The molecule has 1 amide bonds. The van der Waals surface area contributed by atoms with Gasteiger partial charge in [-0.15, -0.1) is 0 Å². The van der Waals surface area contributed by atoms with Gasteiger partial charge in [-0.25, -0.2) is 0 Å². The van der Waals surface area contributed by atoms with Crippen LogP contribution in [0.4, 0.5) is 0 Å². The summed E-state index contributed by atoms with van der Waals surface area (Å²) in [5.74, 6) is -0.399. The summed E-state index contributed by atoms with van der Waals surface area (Å²) in [6.07, 6.45) is 5.63. The van der Waals surface area contributed by atoms with Gasteiger partial charge in [0.25, 0.3) is 5.91 Å². The van der Waals surface area contributed by atoms with Crippen molar-refractivity contribution in [2.24, 2.45) is 5.92 Å². The Labute approximate surface area is 154 Å². The standard InChI is InChI=1S/C22H25NO3/c1-17(20(24)14-13-18-9-5-3-6-10-18)15-16-23-22(25)21(26-2)19-11-7-4-8-12-19/h3-17,20-21,24H,1-2H3,(H,23,25)/b14-13+,16-15+/t17-,20-,21?/m0/s1. The lowest BCUT2D eigenvalue weighted by Gasteiger charge is -2.15. The number of rotatable bonds is 8. The Bertz CT molecular complexity index is 726. The van der Waals surface area contributed by atoms with Crippen LogP contribution in [0, 0.1) is 5.92 Å². The first-order valence-corrected chi connectivity index (χ1v) is 8.58. The molecule has 0 saturated heterocycles. The monoisotopic (exact) mass is 351 g/mol. The van der Waals surface area contributed by atoms with Crippen LogP contribution >= 0.6 is 0 Å². The lowest BCUT2D eigenvalue weighted by molar-refractivity contribution is -0.130. The van der Waals surface area contributed by atoms with Gasteiger partial charge in [-0.05, 0) is 11.1 Å². The Morgan fingerprint density at radius 1 is 1.04 bits per heavy atom. The van der Waals surface area contributed by atoms with Crippen LogP contribution in [-0.4, -0.2) is 24.2 Å². The van der Waals surface area contributed by atoms with E-state index in [0.29, 0.717) is 0 Å². The van der Waals surface area contributed by atoms with Crippen LogP contribution in [0.1, 0.15) is 24.2 Å². The van der Waals surface area contributed by atoms with Crippen molar-refractivity contribution in [3.63, 3.8) is 0 Å². The molecule has 0 fully saturated rings. The van der Waals surface area contributed by atoms with Crippen molar-refractivity contribution in [3.05, 3.63) is 90.1 Å². The summed E-state index contributed by atoms with van der Waals surface area (Å²) in [4.78, 5) is 12.3. The summed E-state index contributed by atoms with van der Waals surface area (Å²) < 4.78 is 5.28. The van der Waals surface area contributed by atoms with E-state index in [4.69, 9.17) is 4.74 Å². The highest BCUT2D eigenvalue weighted by Gasteiger charge is 2.18. The summed E-state index contributed by atoms with van der Waals surface area (Å²) in [6.45, 7) is 1.88. The Balaban J connectivity index is 1.88. The number of benzene rings is 2. The second kappa shape index (κ2) is 10.3. The average molecular weight is 351 g/mol. The third kappa shape index (κ3) is 5.99. The van der Waals surface area contributed by atoms with Gasteiger partial charge in [0.15, 0.2) is 6.10 Å². The third-order valence-corrected chi connectivity index (χ3v) is 4.03. The summed E-state index contributed by atoms with van der Waals surface area (Å²) in [5, 5.41) is 12.9. The fraction of sp³-hybridized carbons (Fsp3) is 0.227. The summed E-state index contributed by atoms with van der Waals surface area (Å²) in [7, 11) is 1.50. The van der Waals surface area contributed by atoms with E-state index < -0.39 is 12.2 Å². The summed E-state index contributed by atoms with van der Waals surface area (Å²) in [5.41, 5.74) is 1.82. The van der Waals surface area contributed by atoms with E-state index in [1.807, 2.05) is 73.7 Å². The first-order valence-electron chi connectivity index (χ1n) is 8.58. The zero-order valence-electron chi connectivity index (χ0n) is 15.1. The van der Waals surface area contributed by atoms with E-state index >= 15 is 0 Å². The maximum absolute atomic E-state index is 12.3. The molecular weight excluding hydrogens is 326 g/mol. The van der Waals surface area contributed by atoms with E-state index in [2.05, 4.69) is 5.32 Å². The highest BCUT2D eigenvalue weighted by Crippen LogP contribution is 2.16. The molecule has 0 aromatic heterocycles. The molecule has 2 aromatic carbocycles. The van der Waals surface area contributed by atoms with Gasteiger partial charge >= 0.3 is 0 Å². The fourth-order valence-corrected chi connectivity index (χ4v) is 2.44. The van der Waals surface area contributed by atoms with Gasteiger partial charge < -0.3 is 15.2 Å². The lowest BCUT2D eigenvalue weighted by Crippen LogP contribution is -2.26. The smallest absolute Gasteiger partial charge is 0.257 e. The molecule has 3 atom stereocenters. The van der Waals surface area contributed by atoms with Crippen molar-refractivity contribution >= 4 is 12.0 Å². The zero-order chi connectivity index (χ0) is 18.8. The Kier molecular flexibility index (Phi) is 7.80. The number of aliphatic hydroxyl groups excluding tert-OH is 1. The first-order chi connectivity index (χ1) is 12.6. The summed E-state index contributed by atoms with van der Waals surface area (Å²) >= 11 is 0. The SMILES string of the molecule is COC(C(=O)N/C=C/[C@H](C)[C@@H](O)/C=C/c1ccccc1)c1ccccc1. The molecule has 2 rings (SSSR count). The average Bonchev–Trinajstić information content (AvgIpc) is 2.68. The van der Waals surface area contributed by atoms with Gasteiger partial charge in [0.1, 0.15) is 0 Å². The van der Waals surface area contributed by atoms with Crippen molar-refractivity contribution in [1.82, 2.24) is 5.32 Å². The van der Waals surface area contributed by atoms with E-state index in [-0.39, 0.29) is 11.8 Å². The Morgan fingerprint density at radius 3 is 2.27 bits per heavy atom. The second-order valence-corrected chi connectivity index (χ2v) is 6.01. The fourth-order valence-electron chi connectivity index (χ4n) is 2.44. The normalized spacial score (nSPS) is 15.0. The number of carbonyl (C=O) groups excluding carboxylic acids is 1. The van der Waals surface area contributed by atoms with Crippen LogP contribution in [-0.2, 0) is 9.53 Å². The van der Waals surface area contributed by atoms with E-state index in [1.54, 1.807) is 18.4 Å². The van der Waals surface area contributed by atoms with Crippen molar-refractivity contribution in [3.8, 4) is 0 Å². The maximum atomic E-state index is 12.3. The number of hydrogen-bond acceptors (Lipinski definition) is 3. The third-order valence-electron chi connectivity index (χ3n) is 4.03. The predicted molar refractivity (Wildman–Crippen MR) is 104 cm³/mol. The molecule has 0 saturated carbocycles. The quantitative estimate of drug-likeness (QED) is 0.762. The van der Waals surface area contributed by atoms with Gasteiger partial charge in [-0.2, -0.15) is 0 Å². The van der Waals surface area contributed by atoms with Gasteiger partial charge in [0.2, 0.25) is 0 Å². The number of ether oxygens (including phenoxy) is 1. The van der Waals surface area contributed by atoms with Crippen molar-refractivity contribution in [2.75, 3.05) is 7.11 Å². The molecular formula is C22H25NO3. The number of methoxy groups -OCH3 is 1. The van der Waals surface area contributed by atoms with Gasteiger partial charge in [-0.3, -0.25) is 4.79 Å². The van der Waals surface area contributed by atoms with E-state index in [1.165, 1.54) is 7.11 Å². The van der Waals surface area contributed by atoms with Crippen molar-refractivity contribution in [1.29, 1.82) is 0 Å². The van der Waals surface area contributed by atoms with Crippen molar-refractivity contribution in [2.45, 2.75) is 19.1 Å². The molecule has 2 N–H and O–H groups in total. The van der Waals surface area contributed by atoms with Gasteiger partial charge in [0, 0.05) is 19.2 Å².